The molecule has 1 aliphatic carbocycles. The van der Waals surface area contributed by atoms with Crippen molar-refractivity contribution in [1.82, 2.24) is 25.5 Å². The molecule has 1 aromatic carbocycles. The molecule has 0 unspecified atom stereocenters. The Labute approximate surface area is 218 Å². The number of fused-ring (bicyclic) bond motifs is 1. The molecule has 2 heterocycles. The van der Waals surface area contributed by atoms with Crippen molar-refractivity contribution in [3.63, 3.8) is 0 Å². The van der Waals surface area contributed by atoms with E-state index in [1.54, 1.807) is 6.07 Å². The predicted molar refractivity (Wildman–Crippen MR) is 142 cm³/mol. The molecule has 2 amide bonds. The number of ether oxygens (including phenoxy) is 1. The van der Waals surface area contributed by atoms with Gasteiger partial charge in [-0.15, -0.1) is 11.3 Å². The van der Waals surface area contributed by atoms with Crippen LogP contribution in [0.2, 0.25) is 0 Å². The fourth-order valence-corrected chi connectivity index (χ4v) is 5.00. The Hall–Kier alpha value is -3.75. The Balaban J connectivity index is 1.51. The summed E-state index contributed by atoms with van der Waals surface area (Å²) in [5.74, 6) is 6.03. The Morgan fingerprint density at radius 2 is 2.03 bits per heavy atom. The van der Waals surface area contributed by atoms with Crippen molar-refractivity contribution in [2.24, 2.45) is 0 Å². The molecular weight excluding hydrogens is 495 g/mol. The van der Waals surface area contributed by atoms with Crippen LogP contribution in [0.4, 0.5) is 15.9 Å². The largest absolute Gasteiger partial charge is 0.488 e. The number of benzene rings is 1. The third-order valence-corrected chi connectivity index (χ3v) is 6.98. The standard InChI is InChI=1S/C26H29FN6O3S/c1-15-22-24(29-14-30-26(22)37-23(15)25(35)28-9-5-6-10-33(3)4)32-20-8-7-17(27)11-21(20)36-19-12-18(13-19)31-16(2)34/h7-8,11,14,18-19H,9-10,12-13H2,1-4H3,(H,28,35)(H,31,34)(H,29,30,32). The first kappa shape index (κ1) is 26.3. The smallest absolute Gasteiger partial charge is 0.262 e. The Morgan fingerprint density at radius 3 is 2.76 bits per heavy atom. The minimum atomic E-state index is -0.425. The van der Waals surface area contributed by atoms with Gasteiger partial charge in [-0.25, -0.2) is 14.4 Å². The van der Waals surface area contributed by atoms with Crippen LogP contribution in [0.5, 0.6) is 5.75 Å². The molecule has 37 heavy (non-hydrogen) atoms. The molecule has 11 heteroatoms. The quantitative estimate of drug-likeness (QED) is 0.388. The van der Waals surface area contributed by atoms with Crippen molar-refractivity contribution < 1.29 is 18.7 Å². The highest BCUT2D eigenvalue weighted by Crippen LogP contribution is 2.37. The van der Waals surface area contributed by atoms with E-state index in [2.05, 4.69) is 37.8 Å². The van der Waals surface area contributed by atoms with E-state index in [-0.39, 0.29) is 30.5 Å². The second-order valence-electron chi connectivity index (χ2n) is 9.11. The van der Waals surface area contributed by atoms with Gasteiger partial charge in [0.2, 0.25) is 5.91 Å². The van der Waals surface area contributed by atoms with Crippen molar-refractivity contribution in [1.29, 1.82) is 0 Å². The van der Waals surface area contributed by atoms with Gasteiger partial charge in [0.25, 0.3) is 5.91 Å². The van der Waals surface area contributed by atoms with Crippen molar-refractivity contribution in [2.75, 3.05) is 32.5 Å². The van der Waals surface area contributed by atoms with Crippen LogP contribution < -0.4 is 20.7 Å². The first-order valence-corrected chi connectivity index (χ1v) is 12.7. The topological polar surface area (TPSA) is 108 Å². The number of hydrogen-bond donors (Lipinski definition) is 3. The van der Waals surface area contributed by atoms with E-state index >= 15 is 0 Å². The highest BCUT2D eigenvalue weighted by molar-refractivity contribution is 7.20. The third-order valence-electron chi connectivity index (χ3n) is 5.78. The van der Waals surface area contributed by atoms with E-state index in [1.807, 2.05) is 25.9 Å². The number of rotatable bonds is 8. The molecule has 2 aromatic heterocycles. The maximum atomic E-state index is 14.1. The predicted octanol–water partition coefficient (Wildman–Crippen LogP) is 3.22. The van der Waals surface area contributed by atoms with Crippen molar-refractivity contribution in [3.05, 3.63) is 40.8 Å². The maximum Gasteiger partial charge on any atom is 0.262 e. The summed E-state index contributed by atoms with van der Waals surface area (Å²) in [6.45, 7) is 4.19. The number of halogens is 1. The lowest BCUT2D eigenvalue weighted by molar-refractivity contribution is -0.120. The molecule has 3 aromatic rings. The van der Waals surface area contributed by atoms with Crippen LogP contribution in [0.3, 0.4) is 0 Å². The summed E-state index contributed by atoms with van der Waals surface area (Å²) < 4.78 is 20.1. The SMILES string of the molecule is CC(=O)NC1CC(Oc2cc(F)ccc2Nc2ncnc3sc(C(=O)NCC#CCN(C)C)c(C)c23)C1. The summed E-state index contributed by atoms with van der Waals surface area (Å²) in [6.07, 6.45) is 2.58. The van der Waals surface area contributed by atoms with Crippen LogP contribution in [-0.2, 0) is 4.79 Å². The van der Waals surface area contributed by atoms with Gasteiger partial charge in [0.1, 0.15) is 34.6 Å². The molecule has 9 nitrogen and oxygen atoms in total. The molecule has 1 fully saturated rings. The summed E-state index contributed by atoms with van der Waals surface area (Å²) in [4.78, 5) is 35.9. The Morgan fingerprint density at radius 1 is 1.24 bits per heavy atom. The second kappa shape index (κ2) is 11.5. The lowest BCUT2D eigenvalue weighted by Gasteiger charge is -2.36. The molecule has 0 atom stereocenters. The van der Waals surface area contributed by atoms with Crippen LogP contribution in [0, 0.1) is 24.6 Å². The van der Waals surface area contributed by atoms with Crippen molar-refractivity contribution in [2.45, 2.75) is 38.8 Å². The third kappa shape index (κ3) is 6.53. The molecule has 0 saturated heterocycles. The van der Waals surface area contributed by atoms with Crippen LogP contribution in [0.1, 0.15) is 35.0 Å². The lowest BCUT2D eigenvalue weighted by atomic mass is 9.89. The van der Waals surface area contributed by atoms with Gasteiger partial charge < -0.3 is 20.7 Å². The molecule has 0 bridgehead atoms. The van der Waals surface area contributed by atoms with Gasteiger partial charge in [-0.05, 0) is 38.7 Å². The first-order valence-electron chi connectivity index (χ1n) is 11.8. The molecule has 194 valence electrons. The highest BCUT2D eigenvalue weighted by atomic mass is 32.1. The van der Waals surface area contributed by atoms with Crippen LogP contribution in [0.25, 0.3) is 10.2 Å². The maximum absolute atomic E-state index is 14.1. The van der Waals surface area contributed by atoms with E-state index in [0.717, 1.165) is 5.56 Å². The average Bonchev–Trinajstić information content (AvgIpc) is 3.16. The number of anilines is 2. The van der Waals surface area contributed by atoms with Crippen molar-refractivity contribution in [3.8, 4) is 17.6 Å². The number of nitrogens with one attached hydrogen (secondary N) is 3. The minimum absolute atomic E-state index is 0.0611. The number of aryl methyl sites for hydroxylation is 1. The number of hydrogen-bond acceptors (Lipinski definition) is 8. The fraction of sp³-hybridized carbons (Fsp3) is 0.385. The normalized spacial score (nSPS) is 16.5. The zero-order valence-corrected chi connectivity index (χ0v) is 22.0. The molecule has 1 saturated carbocycles. The van der Waals surface area contributed by atoms with Crippen LogP contribution in [0.15, 0.2) is 24.5 Å². The summed E-state index contributed by atoms with van der Waals surface area (Å²) in [7, 11) is 3.86. The summed E-state index contributed by atoms with van der Waals surface area (Å²) in [6, 6.07) is 4.31. The van der Waals surface area contributed by atoms with Crippen LogP contribution in [-0.4, -0.2) is 66.0 Å². The van der Waals surface area contributed by atoms with Gasteiger partial charge >= 0.3 is 0 Å². The molecular formula is C26H29FN6O3S. The molecule has 3 N–H and O–H groups in total. The number of carbonyl (C=O) groups excluding carboxylic acids is 2. The highest BCUT2D eigenvalue weighted by Gasteiger charge is 2.32. The number of thiophene rings is 1. The minimum Gasteiger partial charge on any atom is -0.488 e. The summed E-state index contributed by atoms with van der Waals surface area (Å²) in [5, 5.41) is 9.64. The van der Waals surface area contributed by atoms with E-state index in [1.165, 1.54) is 36.7 Å². The first-order chi connectivity index (χ1) is 17.7. The van der Waals surface area contributed by atoms with E-state index in [9.17, 15) is 14.0 Å². The summed E-state index contributed by atoms with van der Waals surface area (Å²) in [5.41, 5.74) is 1.28. The fourth-order valence-electron chi connectivity index (χ4n) is 3.94. The Bertz CT molecular complexity index is 1370. The average molecular weight is 525 g/mol. The van der Waals surface area contributed by atoms with Gasteiger partial charge in [-0.2, -0.15) is 0 Å². The van der Waals surface area contributed by atoms with Gasteiger partial charge in [0.15, 0.2) is 0 Å². The summed E-state index contributed by atoms with van der Waals surface area (Å²) >= 11 is 1.28. The van der Waals surface area contributed by atoms with Gasteiger partial charge in [0.05, 0.1) is 29.0 Å². The van der Waals surface area contributed by atoms with E-state index in [0.29, 0.717) is 51.7 Å². The zero-order valence-electron chi connectivity index (χ0n) is 21.1. The monoisotopic (exact) mass is 524 g/mol. The van der Waals surface area contributed by atoms with Gasteiger partial charge in [-0.1, -0.05) is 11.8 Å². The van der Waals surface area contributed by atoms with Gasteiger partial charge in [0, 0.05) is 31.9 Å². The number of aromatic nitrogens is 2. The number of amides is 2. The molecule has 1 aliphatic rings. The van der Waals surface area contributed by atoms with Crippen LogP contribution >= 0.6 is 11.3 Å². The van der Waals surface area contributed by atoms with Crippen molar-refractivity contribution >= 4 is 44.9 Å². The number of nitrogens with zero attached hydrogens (tertiary/aromatic N) is 3. The zero-order chi connectivity index (χ0) is 26.5. The van der Waals surface area contributed by atoms with Gasteiger partial charge in [-0.3, -0.25) is 14.5 Å². The van der Waals surface area contributed by atoms with E-state index in [4.69, 9.17) is 4.74 Å². The second-order valence-corrected chi connectivity index (χ2v) is 10.1. The Kier molecular flexibility index (Phi) is 8.21. The lowest BCUT2D eigenvalue weighted by Crippen LogP contribution is -2.48. The van der Waals surface area contributed by atoms with E-state index < -0.39 is 5.82 Å². The molecule has 4 rings (SSSR count). The molecule has 0 radical (unpaired) electrons. The molecule has 0 aliphatic heterocycles. The molecule has 0 spiro atoms. The number of carbonyl (C=O) groups is 2.